The molecule has 0 radical (unpaired) electrons. The van der Waals surface area contributed by atoms with E-state index in [1.807, 2.05) is 0 Å². The monoisotopic (exact) mass is 399 g/mol. The molecule has 2 rings (SSSR count). The van der Waals surface area contributed by atoms with Gasteiger partial charge in [0.25, 0.3) is 11.6 Å². The van der Waals surface area contributed by atoms with Gasteiger partial charge in [0.15, 0.2) is 0 Å². The van der Waals surface area contributed by atoms with Gasteiger partial charge in [0.2, 0.25) is 0 Å². The quantitative estimate of drug-likeness (QED) is 0.576. The highest BCUT2D eigenvalue weighted by atomic mass is 16.6. The van der Waals surface area contributed by atoms with Crippen molar-refractivity contribution in [2.45, 2.75) is 39.3 Å². The Morgan fingerprint density at radius 2 is 1.79 bits per heavy atom. The molecule has 2 aromatic rings. The Labute approximate surface area is 169 Å². The van der Waals surface area contributed by atoms with Gasteiger partial charge in [0.1, 0.15) is 5.60 Å². The molecule has 1 N–H and O–H groups in total. The molecular weight excluding hydrogens is 374 g/mol. The third kappa shape index (κ3) is 6.03. The van der Waals surface area contributed by atoms with Crippen molar-refractivity contribution in [2.75, 3.05) is 12.4 Å². The summed E-state index contributed by atoms with van der Waals surface area (Å²) in [6.07, 6.45) is -0.611. The van der Waals surface area contributed by atoms with Crippen LogP contribution in [-0.4, -0.2) is 34.5 Å². The van der Waals surface area contributed by atoms with Gasteiger partial charge in [-0.25, -0.2) is 4.79 Å². The second-order valence-corrected chi connectivity index (χ2v) is 7.65. The van der Waals surface area contributed by atoms with Crippen LogP contribution in [0, 0.1) is 10.1 Å². The van der Waals surface area contributed by atoms with E-state index >= 15 is 0 Å². The predicted molar refractivity (Wildman–Crippen MR) is 110 cm³/mol. The summed E-state index contributed by atoms with van der Waals surface area (Å²) in [5.41, 5.74) is 0.794. The third-order valence-electron chi connectivity index (χ3n) is 4.22. The summed E-state index contributed by atoms with van der Waals surface area (Å²) < 4.78 is 5.22. The van der Waals surface area contributed by atoms with Gasteiger partial charge in [-0.05, 0) is 51.5 Å². The van der Waals surface area contributed by atoms with Crippen molar-refractivity contribution < 1.29 is 19.2 Å². The largest absolute Gasteiger partial charge is 0.444 e. The second-order valence-electron chi connectivity index (χ2n) is 7.65. The molecule has 8 nitrogen and oxygen atoms in total. The first-order valence-electron chi connectivity index (χ1n) is 9.09. The molecule has 0 bridgehead atoms. The summed E-state index contributed by atoms with van der Waals surface area (Å²) in [6.45, 7) is 7.07. The predicted octanol–water partition coefficient (Wildman–Crippen LogP) is 4.78. The number of ether oxygens (including phenoxy) is 1. The van der Waals surface area contributed by atoms with E-state index in [1.54, 1.807) is 71.1 Å². The molecule has 0 saturated carbocycles. The van der Waals surface area contributed by atoms with Gasteiger partial charge < -0.3 is 9.64 Å². The Morgan fingerprint density at radius 1 is 1.14 bits per heavy atom. The topological polar surface area (TPSA) is 102 Å². The smallest absolute Gasteiger partial charge is 0.412 e. The lowest BCUT2D eigenvalue weighted by Crippen LogP contribution is -2.30. The summed E-state index contributed by atoms with van der Waals surface area (Å²) in [5.74, 6) is -0.281. The molecule has 29 heavy (non-hydrogen) atoms. The first-order valence-corrected chi connectivity index (χ1v) is 9.09. The maximum Gasteiger partial charge on any atom is 0.412 e. The van der Waals surface area contributed by atoms with E-state index < -0.39 is 16.6 Å². The first kappa shape index (κ1) is 21.9. The number of nitrogens with zero attached hydrogens (tertiary/aromatic N) is 2. The van der Waals surface area contributed by atoms with Crippen molar-refractivity contribution in [3.63, 3.8) is 0 Å². The average Bonchev–Trinajstić information content (AvgIpc) is 2.65. The van der Waals surface area contributed by atoms with Crippen molar-refractivity contribution in [2.24, 2.45) is 0 Å². The molecule has 0 spiro atoms. The van der Waals surface area contributed by atoms with Gasteiger partial charge in [0, 0.05) is 30.4 Å². The van der Waals surface area contributed by atoms with Gasteiger partial charge >= 0.3 is 6.09 Å². The van der Waals surface area contributed by atoms with Gasteiger partial charge in [-0.2, -0.15) is 0 Å². The summed E-state index contributed by atoms with van der Waals surface area (Å²) in [7, 11) is 1.62. The SMILES string of the molecule is CC(c1cccc([N+](=O)[O-])c1)N(C)C(=O)c1cccc(NC(=O)OC(C)(C)C)c1. The van der Waals surface area contributed by atoms with E-state index in [-0.39, 0.29) is 17.6 Å². The molecule has 0 saturated heterocycles. The standard InChI is InChI=1S/C21H25N3O5/c1-14(15-8-7-11-18(13-15)24(27)28)23(5)19(25)16-9-6-10-17(12-16)22-20(26)29-21(2,3)4/h6-14H,1-5H3,(H,22,26). The van der Waals surface area contributed by atoms with Gasteiger partial charge in [-0.15, -0.1) is 0 Å². The van der Waals surface area contributed by atoms with Crippen molar-refractivity contribution >= 4 is 23.4 Å². The molecule has 0 aromatic heterocycles. The summed E-state index contributed by atoms with van der Waals surface area (Å²) in [4.78, 5) is 36.8. The van der Waals surface area contributed by atoms with Crippen molar-refractivity contribution in [3.8, 4) is 0 Å². The van der Waals surface area contributed by atoms with Crippen LogP contribution >= 0.6 is 0 Å². The summed E-state index contributed by atoms with van der Waals surface area (Å²) >= 11 is 0. The van der Waals surface area contributed by atoms with E-state index in [1.165, 1.54) is 17.0 Å². The fraction of sp³-hybridized carbons (Fsp3) is 0.333. The Morgan fingerprint density at radius 3 is 2.41 bits per heavy atom. The van der Waals surface area contributed by atoms with Crippen LogP contribution in [0.5, 0.6) is 0 Å². The maximum absolute atomic E-state index is 12.9. The van der Waals surface area contributed by atoms with Crippen LogP contribution in [0.2, 0.25) is 0 Å². The van der Waals surface area contributed by atoms with Crippen LogP contribution in [0.25, 0.3) is 0 Å². The lowest BCUT2D eigenvalue weighted by Gasteiger charge is -2.25. The number of rotatable bonds is 5. The number of nitro groups is 1. The molecule has 0 aliphatic carbocycles. The molecule has 0 fully saturated rings. The zero-order valence-corrected chi connectivity index (χ0v) is 17.1. The van der Waals surface area contributed by atoms with Crippen LogP contribution in [-0.2, 0) is 4.74 Å². The number of hydrogen-bond acceptors (Lipinski definition) is 5. The summed E-state index contributed by atoms with van der Waals surface area (Å²) in [6, 6.07) is 12.3. The number of anilines is 1. The third-order valence-corrected chi connectivity index (χ3v) is 4.22. The van der Waals surface area contributed by atoms with Crippen LogP contribution in [0.4, 0.5) is 16.2 Å². The number of benzene rings is 2. The van der Waals surface area contributed by atoms with E-state index in [0.717, 1.165) is 0 Å². The lowest BCUT2D eigenvalue weighted by atomic mass is 10.1. The Hall–Kier alpha value is -3.42. The number of carbonyl (C=O) groups is 2. The zero-order chi connectivity index (χ0) is 21.8. The molecule has 0 aliphatic rings. The Bertz CT molecular complexity index is 921. The molecule has 8 heteroatoms. The highest BCUT2D eigenvalue weighted by Crippen LogP contribution is 2.25. The van der Waals surface area contributed by atoms with Crippen LogP contribution in [0.3, 0.4) is 0 Å². The minimum absolute atomic E-state index is 0.0289. The average molecular weight is 399 g/mol. The lowest BCUT2D eigenvalue weighted by molar-refractivity contribution is -0.384. The minimum atomic E-state index is -0.633. The molecule has 1 unspecified atom stereocenters. The Balaban J connectivity index is 2.16. The summed E-state index contributed by atoms with van der Waals surface area (Å²) in [5, 5.41) is 13.6. The highest BCUT2D eigenvalue weighted by Gasteiger charge is 2.21. The normalized spacial score (nSPS) is 12.0. The number of nitrogens with one attached hydrogen (secondary N) is 1. The van der Waals surface area contributed by atoms with Crippen LogP contribution < -0.4 is 5.32 Å². The van der Waals surface area contributed by atoms with E-state index in [4.69, 9.17) is 4.74 Å². The van der Waals surface area contributed by atoms with Crippen LogP contribution in [0.15, 0.2) is 48.5 Å². The van der Waals surface area contributed by atoms with Crippen LogP contribution in [0.1, 0.15) is 49.7 Å². The van der Waals surface area contributed by atoms with E-state index in [0.29, 0.717) is 16.8 Å². The minimum Gasteiger partial charge on any atom is -0.444 e. The zero-order valence-electron chi connectivity index (χ0n) is 17.1. The Kier molecular flexibility index (Phi) is 6.58. The van der Waals surface area contributed by atoms with Gasteiger partial charge in [-0.3, -0.25) is 20.2 Å². The van der Waals surface area contributed by atoms with E-state index in [9.17, 15) is 19.7 Å². The number of carbonyl (C=O) groups excluding carboxylic acids is 2. The number of nitro benzene ring substituents is 1. The van der Waals surface area contributed by atoms with Crippen molar-refractivity contribution in [1.29, 1.82) is 0 Å². The number of non-ortho nitro benzene ring substituents is 1. The fourth-order valence-corrected chi connectivity index (χ4v) is 2.65. The molecule has 2 amide bonds. The van der Waals surface area contributed by atoms with Gasteiger partial charge in [0.05, 0.1) is 11.0 Å². The molecule has 154 valence electrons. The second kappa shape index (κ2) is 8.72. The highest BCUT2D eigenvalue weighted by molar-refractivity contribution is 5.96. The fourth-order valence-electron chi connectivity index (χ4n) is 2.65. The number of amides is 2. The molecule has 0 aliphatic heterocycles. The number of hydrogen-bond donors (Lipinski definition) is 1. The molecule has 2 aromatic carbocycles. The maximum atomic E-state index is 12.9. The van der Waals surface area contributed by atoms with Crippen molar-refractivity contribution in [1.82, 2.24) is 4.90 Å². The molecule has 1 atom stereocenters. The molecular formula is C21H25N3O5. The van der Waals surface area contributed by atoms with E-state index in [2.05, 4.69) is 5.32 Å². The molecule has 0 heterocycles. The van der Waals surface area contributed by atoms with Gasteiger partial charge in [-0.1, -0.05) is 18.2 Å². The van der Waals surface area contributed by atoms with Crippen molar-refractivity contribution in [3.05, 3.63) is 69.8 Å². The first-order chi connectivity index (χ1) is 13.5.